The third-order valence-corrected chi connectivity index (χ3v) is 5.09. The number of anilines is 1. The number of aromatic amines is 2. The lowest BCUT2D eigenvalue weighted by atomic mass is 10.1. The molecule has 1 fully saturated rings. The first kappa shape index (κ1) is 21.6. The molecule has 0 bridgehead atoms. The van der Waals surface area contributed by atoms with Gasteiger partial charge in [0.2, 0.25) is 5.91 Å². The summed E-state index contributed by atoms with van der Waals surface area (Å²) in [5, 5.41) is 0. The van der Waals surface area contributed by atoms with Gasteiger partial charge in [0.1, 0.15) is 5.82 Å². The molecule has 0 atom stereocenters. The zero-order valence-electron chi connectivity index (χ0n) is 16.4. The van der Waals surface area contributed by atoms with Gasteiger partial charge in [0.25, 0.3) is 5.56 Å². The molecule has 1 amide bonds. The quantitative estimate of drug-likeness (QED) is 0.772. The van der Waals surface area contributed by atoms with Gasteiger partial charge in [-0.25, -0.2) is 9.78 Å². The Morgan fingerprint density at radius 2 is 1.90 bits per heavy atom. The number of rotatable bonds is 4. The fraction of sp³-hybridized carbons (Fsp3) is 0.474. The van der Waals surface area contributed by atoms with Crippen molar-refractivity contribution in [3.8, 4) is 0 Å². The molecule has 0 saturated carbocycles. The Kier molecular flexibility index (Phi) is 6.28. The molecule has 2 aromatic heterocycles. The van der Waals surface area contributed by atoms with E-state index >= 15 is 0 Å². The molecule has 2 aromatic rings. The number of aromatic nitrogens is 3. The van der Waals surface area contributed by atoms with Crippen molar-refractivity contribution in [2.75, 3.05) is 31.1 Å². The van der Waals surface area contributed by atoms with E-state index < -0.39 is 23.0 Å². The largest absolute Gasteiger partial charge is 0.417 e. The number of H-pyrrole nitrogens is 2. The smallest absolute Gasteiger partial charge is 0.355 e. The second-order valence-electron chi connectivity index (χ2n) is 7.14. The lowest BCUT2D eigenvalue weighted by molar-refractivity contribution is -0.137. The first-order chi connectivity index (χ1) is 14.1. The number of hydrogen-bond acceptors (Lipinski definition) is 5. The van der Waals surface area contributed by atoms with Crippen molar-refractivity contribution in [3.63, 3.8) is 0 Å². The number of aryl methyl sites for hydroxylation is 1. The van der Waals surface area contributed by atoms with E-state index in [1.165, 1.54) is 6.07 Å². The summed E-state index contributed by atoms with van der Waals surface area (Å²) in [6.45, 7) is 3.54. The number of nitrogens with one attached hydrogen (secondary N) is 2. The molecule has 1 aliphatic rings. The molecule has 3 rings (SSSR count). The molecular formula is C19H22F3N5O3. The van der Waals surface area contributed by atoms with Crippen LogP contribution in [0.25, 0.3) is 0 Å². The zero-order chi connectivity index (χ0) is 21.9. The topological polar surface area (TPSA) is 102 Å². The van der Waals surface area contributed by atoms with Crippen molar-refractivity contribution in [3.05, 3.63) is 56.0 Å². The highest BCUT2D eigenvalue weighted by Gasteiger charge is 2.31. The van der Waals surface area contributed by atoms with Gasteiger partial charge in [0.05, 0.1) is 5.56 Å². The van der Waals surface area contributed by atoms with E-state index in [2.05, 4.69) is 15.0 Å². The molecule has 0 aromatic carbocycles. The average Bonchev–Trinajstić information content (AvgIpc) is 2.92. The number of carbonyl (C=O) groups excluding carboxylic acids is 1. The molecule has 2 N–H and O–H groups in total. The van der Waals surface area contributed by atoms with Gasteiger partial charge in [-0.15, -0.1) is 0 Å². The summed E-state index contributed by atoms with van der Waals surface area (Å²) in [5.41, 5.74) is -1.08. The van der Waals surface area contributed by atoms with Crippen LogP contribution in [0.4, 0.5) is 19.0 Å². The summed E-state index contributed by atoms with van der Waals surface area (Å²) >= 11 is 0. The maximum absolute atomic E-state index is 12.7. The summed E-state index contributed by atoms with van der Waals surface area (Å²) in [5.74, 6) is 0.315. The Morgan fingerprint density at radius 1 is 1.13 bits per heavy atom. The molecule has 30 heavy (non-hydrogen) atoms. The lowest BCUT2D eigenvalue weighted by Crippen LogP contribution is -2.36. The highest BCUT2D eigenvalue weighted by molar-refractivity contribution is 5.76. The van der Waals surface area contributed by atoms with Crippen molar-refractivity contribution >= 4 is 11.7 Å². The van der Waals surface area contributed by atoms with Crippen LogP contribution >= 0.6 is 0 Å². The lowest BCUT2D eigenvalue weighted by Gasteiger charge is -2.23. The van der Waals surface area contributed by atoms with Crippen molar-refractivity contribution in [2.24, 2.45) is 0 Å². The zero-order valence-corrected chi connectivity index (χ0v) is 16.4. The third-order valence-electron chi connectivity index (χ3n) is 5.09. The maximum Gasteiger partial charge on any atom is 0.417 e. The van der Waals surface area contributed by atoms with Crippen molar-refractivity contribution in [2.45, 2.75) is 32.4 Å². The van der Waals surface area contributed by atoms with Crippen LogP contribution in [0.15, 0.2) is 27.9 Å². The molecule has 0 aliphatic carbocycles. The monoisotopic (exact) mass is 425 g/mol. The second-order valence-corrected chi connectivity index (χ2v) is 7.14. The molecule has 162 valence electrons. The van der Waals surface area contributed by atoms with Crippen LogP contribution in [0.5, 0.6) is 0 Å². The molecule has 1 aliphatic heterocycles. The number of alkyl halides is 3. The second kappa shape index (κ2) is 8.72. The van der Waals surface area contributed by atoms with E-state index in [9.17, 15) is 27.6 Å². The van der Waals surface area contributed by atoms with E-state index in [0.717, 1.165) is 12.3 Å². The van der Waals surface area contributed by atoms with Crippen molar-refractivity contribution in [1.82, 2.24) is 19.9 Å². The van der Waals surface area contributed by atoms with Crippen LogP contribution in [-0.2, 0) is 17.4 Å². The number of amides is 1. The number of pyridine rings is 1. The van der Waals surface area contributed by atoms with Crippen molar-refractivity contribution < 1.29 is 18.0 Å². The van der Waals surface area contributed by atoms with Crippen molar-refractivity contribution in [1.29, 1.82) is 0 Å². The number of hydrogen-bond donors (Lipinski definition) is 2. The molecule has 8 nitrogen and oxygen atoms in total. The Balaban J connectivity index is 1.59. The molecule has 11 heteroatoms. The fourth-order valence-electron chi connectivity index (χ4n) is 3.45. The first-order valence-electron chi connectivity index (χ1n) is 9.53. The number of nitrogens with zero attached hydrogens (tertiary/aromatic N) is 3. The predicted molar refractivity (Wildman–Crippen MR) is 103 cm³/mol. The summed E-state index contributed by atoms with van der Waals surface area (Å²) in [6, 6.07) is 2.34. The summed E-state index contributed by atoms with van der Waals surface area (Å²) in [6.07, 6.45) is -2.65. The van der Waals surface area contributed by atoms with Gasteiger partial charge in [0.15, 0.2) is 0 Å². The van der Waals surface area contributed by atoms with E-state index in [1.807, 2.05) is 4.90 Å². The molecule has 0 unspecified atom stereocenters. The first-order valence-corrected chi connectivity index (χ1v) is 9.53. The van der Waals surface area contributed by atoms with Crippen LogP contribution < -0.4 is 16.1 Å². The molecule has 0 spiro atoms. The molecule has 3 heterocycles. The third kappa shape index (κ3) is 5.08. The fourth-order valence-corrected chi connectivity index (χ4v) is 3.45. The van der Waals surface area contributed by atoms with Crippen LogP contribution in [0, 0.1) is 6.92 Å². The molecule has 1 saturated heterocycles. The van der Waals surface area contributed by atoms with Gasteiger partial charge < -0.3 is 14.8 Å². The number of halogens is 3. The highest BCUT2D eigenvalue weighted by Crippen LogP contribution is 2.29. The Hall–Kier alpha value is -3.11. The minimum Gasteiger partial charge on any atom is -0.355 e. The van der Waals surface area contributed by atoms with Crippen LogP contribution in [0.1, 0.15) is 29.7 Å². The molecular weight excluding hydrogens is 403 g/mol. The maximum atomic E-state index is 12.7. The summed E-state index contributed by atoms with van der Waals surface area (Å²) in [4.78, 5) is 47.9. The van der Waals surface area contributed by atoms with E-state index in [-0.39, 0.29) is 18.7 Å². The van der Waals surface area contributed by atoms with Crippen LogP contribution in [-0.4, -0.2) is 51.9 Å². The Bertz CT molecular complexity index is 1010. The Morgan fingerprint density at radius 3 is 2.53 bits per heavy atom. The minimum atomic E-state index is -4.43. The average molecular weight is 425 g/mol. The van der Waals surface area contributed by atoms with E-state index in [1.54, 1.807) is 11.8 Å². The van der Waals surface area contributed by atoms with Gasteiger partial charge in [-0.2, -0.15) is 13.2 Å². The van der Waals surface area contributed by atoms with Crippen LogP contribution in [0.3, 0.4) is 0 Å². The van der Waals surface area contributed by atoms with Gasteiger partial charge in [-0.3, -0.25) is 14.6 Å². The van der Waals surface area contributed by atoms with Crippen LogP contribution in [0.2, 0.25) is 0 Å². The Labute approximate surface area is 169 Å². The van der Waals surface area contributed by atoms with Gasteiger partial charge in [0, 0.05) is 50.1 Å². The van der Waals surface area contributed by atoms with Gasteiger partial charge in [-0.1, -0.05) is 0 Å². The predicted octanol–water partition coefficient (Wildman–Crippen LogP) is 1.46. The van der Waals surface area contributed by atoms with E-state index in [4.69, 9.17) is 0 Å². The van der Waals surface area contributed by atoms with Gasteiger partial charge in [-0.05, 0) is 31.9 Å². The SMILES string of the molecule is Cc1[nH]c(=O)[nH]c(=O)c1CCC(=O)N1CCCN(c2ccc(C(F)(F)F)cn2)CC1. The molecule has 0 radical (unpaired) electrons. The van der Waals surface area contributed by atoms with E-state index in [0.29, 0.717) is 49.7 Å². The number of carbonyl (C=O) groups is 1. The summed E-state index contributed by atoms with van der Waals surface area (Å²) < 4.78 is 38.1. The standard InChI is InChI=1S/C19H22F3N5O3/c1-12-14(17(29)25-18(30)24-12)4-6-16(28)27-8-2-7-26(9-10-27)15-5-3-13(11-23-15)19(20,21)22/h3,5,11H,2,4,6-10H2,1H3,(H2,24,25,29,30). The highest BCUT2D eigenvalue weighted by atomic mass is 19.4. The normalized spacial score (nSPS) is 15.2. The minimum absolute atomic E-state index is 0.120. The summed E-state index contributed by atoms with van der Waals surface area (Å²) in [7, 11) is 0. The van der Waals surface area contributed by atoms with Gasteiger partial charge >= 0.3 is 11.9 Å².